The van der Waals surface area contributed by atoms with Crippen LogP contribution in [0.4, 0.5) is 0 Å². The van der Waals surface area contributed by atoms with Gasteiger partial charge in [0, 0.05) is 24.7 Å². The van der Waals surface area contributed by atoms with Crippen molar-refractivity contribution >= 4 is 14.5 Å². The van der Waals surface area contributed by atoms with Crippen molar-refractivity contribution < 1.29 is 9.79 Å². The van der Waals surface area contributed by atoms with Crippen molar-refractivity contribution in [2.75, 3.05) is 13.1 Å². The van der Waals surface area contributed by atoms with E-state index < -0.39 is 14.2 Å². The third-order valence-electron chi connectivity index (χ3n) is 4.30. The Bertz CT molecular complexity index is 1120. The topological polar surface area (TPSA) is 135 Å². The second-order valence-electron chi connectivity index (χ2n) is 6.40. The van der Waals surface area contributed by atoms with Gasteiger partial charge in [0.1, 0.15) is 0 Å². The van der Waals surface area contributed by atoms with Gasteiger partial charge in [0.25, 0.3) is 5.56 Å². The largest absolute Gasteiger partial charge is 0.354 e. The average Bonchev–Trinajstić information content (AvgIpc) is 3.26. The number of nitrogens with one attached hydrogen (secondary N) is 1. The summed E-state index contributed by atoms with van der Waals surface area (Å²) in [5.74, 6) is 0.481. The third kappa shape index (κ3) is 5.28. The van der Waals surface area contributed by atoms with Crippen molar-refractivity contribution in [2.45, 2.75) is 6.42 Å². The molecule has 0 bridgehead atoms. The summed E-state index contributed by atoms with van der Waals surface area (Å²) in [7, 11) is -2.12. The molecule has 10 heteroatoms. The number of nitrogens with zero attached hydrogens (tertiary/aromatic N) is 3. The third-order valence-corrected chi connectivity index (χ3v) is 4.30. The van der Waals surface area contributed by atoms with Gasteiger partial charge in [-0.05, 0) is 17.7 Å². The lowest BCUT2D eigenvalue weighted by Crippen LogP contribution is -2.45. The van der Waals surface area contributed by atoms with E-state index in [1.54, 1.807) is 30.5 Å². The van der Waals surface area contributed by atoms with Crippen molar-refractivity contribution in [3.8, 4) is 5.69 Å². The van der Waals surface area contributed by atoms with Crippen LogP contribution in [0.1, 0.15) is 11.1 Å². The number of aromatic nitrogens is 2. The van der Waals surface area contributed by atoms with Crippen molar-refractivity contribution in [1.82, 2.24) is 14.5 Å². The summed E-state index contributed by atoms with van der Waals surface area (Å²) in [5, 5.41) is 3.10. The van der Waals surface area contributed by atoms with Gasteiger partial charge in [-0.3, -0.25) is 15.3 Å². The molecule has 0 amide bonds. The zero-order valence-electron chi connectivity index (χ0n) is 16.0. The van der Waals surface area contributed by atoms with Crippen LogP contribution in [0.15, 0.2) is 81.4 Å². The minimum absolute atomic E-state index is 0.306. The number of benzene rings is 2. The van der Waals surface area contributed by atoms with Crippen LogP contribution in [-0.4, -0.2) is 38.0 Å². The van der Waals surface area contributed by atoms with Crippen molar-refractivity contribution in [3.05, 3.63) is 98.8 Å². The van der Waals surface area contributed by atoms with Crippen LogP contribution in [0.5, 0.6) is 0 Å². The first-order valence-corrected chi connectivity index (χ1v) is 10.5. The average molecular weight is 427 g/mol. The zero-order chi connectivity index (χ0) is 21.5. The maximum absolute atomic E-state index is 13.1. The van der Waals surface area contributed by atoms with Crippen molar-refractivity contribution in [2.24, 2.45) is 10.5 Å². The molecule has 1 aliphatic heterocycles. The van der Waals surface area contributed by atoms with E-state index in [0.29, 0.717) is 36.7 Å². The molecule has 9 nitrogen and oxygen atoms in total. The molecule has 0 aliphatic carbocycles. The summed E-state index contributed by atoms with van der Waals surface area (Å²) in [6.45, 7) is 1.29. The normalized spacial score (nSPS) is 12.7. The van der Waals surface area contributed by atoms with Crippen LogP contribution in [0.3, 0.4) is 0 Å². The fraction of sp³-hybridized carbons (Fsp3) is 0.150. The molecule has 5 N–H and O–H groups in total. The molecule has 1 aliphatic rings. The molecule has 2 aromatic carbocycles. The highest BCUT2D eigenvalue weighted by molar-refractivity contribution is 7.42. The van der Waals surface area contributed by atoms with Gasteiger partial charge in [0.2, 0.25) is 14.5 Å². The predicted molar refractivity (Wildman–Crippen MR) is 117 cm³/mol. The first kappa shape index (κ1) is 21.6. The van der Waals surface area contributed by atoms with E-state index in [4.69, 9.17) is 9.79 Å². The number of para-hydroxylation sites is 1. The molecule has 156 valence electrons. The molecular formula is C20H22N5O4P. The standard InChI is InChI=1S/C20H18N4O2.H4NO2P/c25-18-16(13-15-7-3-1-4-8-15)14-23(19-21-11-12-22-19)20(26)24(18)17-9-5-2-6-10-17;1-4(2)3/h1-10,14H,11-13H2,(H,21,22);2-3H,1H2. The van der Waals surface area contributed by atoms with Gasteiger partial charge in [-0.25, -0.2) is 13.9 Å². The summed E-state index contributed by atoms with van der Waals surface area (Å²) < 4.78 is 2.64. The van der Waals surface area contributed by atoms with E-state index >= 15 is 0 Å². The Morgan fingerprint density at radius 3 is 2.20 bits per heavy atom. The Labute approximate surface area is 173 Å². The second kappa shape index (κ2) is 10.1. The van der Waals surface area contributed by atoms with E-state index in [-0.39, 0.29) is 5.56 Å². The van der Waals surface area contributed by atoms with Crippen molar-refractivity contribution in [3.63, 3.8) is 0 Å². The minimum atomic E-state index is -2.12. The number of hydrogen-bond donors (Lipinski definition) is 4. The quantitative estimate of drug-likeness (QED) is 0.451. The molecule has 0 saturated heterocycles. The van der Waals surface area contributed by atoms with E-state index in [1.807, 2.05) is 36.4 Å². The first-order valence-electron chi connectivity index (χ1n) is 9.15. The highest BCUT2D eigenvalue weighted by Crippen LogP contribution is 2.07. The summed E-state index contributed by atoms with van der Waals surface area (Å²) >= 11 is 0. The first-order chi connectivity index (χ1) is 14.5. The molecule has 0 unspecified atom stereocenters. The van der Waals surface area contributed by atoms with Crippen LogP contribution < -0.4 is 22.1 Å². The van der Waals surface area contributed by atoms with Gasteiger partial charge in [-0.2, -0.15) is 0 Å². The molecule has 0 spiro atoms. The number of aliphatic imine (C=N–C) groups is 1. The van der Waals surface area contributed by atoms with Gasteiger partial charge in [-0.1, -0.05) is 48.5 Å². The zero-order valence-corrected chi connectivity index (χ0v) is 16.9. The lowest BCUT2D eigenvalue weighted by molar-refractivity contribution is 0.485. The lowest BCUT2D eigenvalue weighted by atomic mass is 10.1. The Morgan fingerprint density at radius 2 is 1.63 bits per heavy atom. The van der Waals surface area contributed by atoms with E-state index in [9.17, 15) is 9.59 Å². The maximum atomic E-state index is 13.1. The van der Waals surface area contributed by atoms with Gasteiger partial charge in [0.05, 0.1) is 12.2 Å². The highest BCUT2D eigenvalue weighted by Gasteiger charge is 2.17. The summed E-state index contributed by atoms with van der Waals surface area (Å²) in [6.07, 6.45) is 2.05. The van der Waals surface area contributed by atoms with Gasteiger partial charge in [-0.15, -0.1) is 0 Å². The van der Waals surface area contributed by atoms with Gasteiger partial charge < -0.3 is 15.1 Å². The number of rotatable bonds is 3. The fourth-order valence-electron chi connectivity index (χ4n) is 3.04. The molecule has 3 aromatic rings. The van der Waals surface area contributed by atoms with Crippen LogP contribution in [0, 0.1) is 0 Å². The minimum Gasteiger partial charge on any atom is -0.354 e. The monoisotopic (exact) mass is 427 g/mol. The molecule has 0 radical (unpaired) electrons. The van der Waals surface area contributed by atoms with Crippen LogP contribution in [0.2, 0.25) is 0 Å². The molecular weight excluding hydrogens is 405 g/mol. The molecule has 30 heavy (non-hydrogen) atoms. The van der Waals surface area contributed by atoms with E-state index in [2.05, 4.69) is 15.8 Å². The molecule has 0 saturated carbocycles. The van der Waals surface area contributed by atoms with Crippen LogP contribution >= 0.6 is 8.53 Å². The molecule has 4 rings (SSSR count). The van der Waals surface area contributed by atoms with E-state index in [1.165, 1.54) is 9.13 Å². The molecule has 2 heterocycles. The smallest absolute Gasteiger partial charge is 0.342 e. The summed E-state index contributed by atoms with van der Waals surface area (Å²) in [6, 6.07) is 18.7. The van der Waals surface area contributed by atoms with Gasteiger partial charge in [0.15, 0.2) is 0 Å². The predicted octanol–water partition coefficient (Wildman–Crippen LogP) is 0.554. The molecule has 1 aromatic heterocycles. The Balaban J connectivity index is 0.000000589. The Hall–Kier alpha value is -3.10. The molecule has 0 atom stereocenters. The lowest BCUT2D eigenvalue weighted by Gasteiger charge is -2.13. The van der Waals surface area contributed by atoms with Crippen LogP contribution in [-0.2, 0) is 6.42 Å². The Morgan fingerprint density at radius 1 is 1.03 bits per heavy atom. The van der Waals surface area contributed by atoms with E-state index in [0.717, 1.165) is 5.56 Å². The van der Waals surface area contributed by atoms with Gasteiger partial charge >= 0.3 is 5.69 Å². The Kier molecular flexibility index (Phi) is 7.26. The summed E-state index contributed by atoms with van der Waals surface area (Å²) in [5.41, 5.74) is 5.65. The van der Waals surface area contributed by atoms with Crippen LogP contribution in [0.25, 0.3) is 5.69 Å². The SMILES string of the molecule is NP(O)O.O=c1c(Cc2ccccc2)cn(C2=NCCN2)c(=O)n1-c1ccccc1. The number of hydrogen-bond acceptors (Lipinski definition) is 7. The molecule has 0 fully saturated rings. The fourth-order valence-corrected chi connectivity index (χ4v) is 3.04. The summed E-state index contributed by atoms with van der Waals surface area (Å²) in [4.78, 5) is 45.3. The van der Waals surface area contributed by atoms with Crippen molar-refractivity contribution in [1.29, 1.82) is 0 Å². The second-order valence-corrected chi connectivity index (χ2v) is 7.04. The number of nitrogens with two attached hydrogens (primary N) is 1. The highest BCUT2D eigenvalue weighted by atomic mass is 31.2. The maximum Gasteiger partial charge on any atom is 0.342 e.